The number of carboxylic acids is 1. The van der Waals surface area contributed by atoms with Crippen molar-refractivity contribution in [1.82, 2.24) is 15.4 Å². The van der Waals surface area contributed by atoms with Gasteiger partial charge >= 0.3 is 11.9 Å². The van der Waals surface area contributed by atoms with E-state index >= 15 is 0 Å². The summed E-state index contributed by atoms with van der Waals surface area (Å²) in [5.74, 6) is -6.43. The Balaban J connectivity index is 0.000000804. The molecule has 0 radical (unpaired) electrons. The van der Waals surface area contributed by atoms with Crippen LogP contribution in [-0.2, 0) is 30.8 Å². The lowest BCUT2D eigenvalue weighted by atomic mass is 9.76. The predicted molar refractivity (Wildman–Crippen MR) is 182 cm³/mol. The van der Waals surface area contributed by atoms with Crippen LogP contribution in [0, 0.1) is 0 Å². The molecule has 1 spiro atoms. The number of carboxylic acid groups (broad SMARTS) is 1. The second-order valence-electron chi connectivity index (χ2n) is 12.6. The molecule has 264 valence electrons. The fourth-order valence-corrected chi connectivity index (χ4v) is 7.80. The number of benzene rings is 2. The van der Waals surface area contributed by atoms with Crippen LogP contribution in [0.5, 0.6) is 0 Å². The van der Waals surface area contributed by atoms with Crippen LogP contribution in [-0.4, -0.2) is 60.9 Å². The van der Waals surface area contributed by atoms with E-state index in [1.807, 2.05) is 37.3 Å². The van der Waals surface area contributed by atoms with Crippen LogP contribution in [0.4, 0.5) is 8.78 Å². The molecule has 1 fully saturated rings. The van der Waals surface area contributed by atoms with Gasteiger partial charge in [-0.25, -0.2) is 17.9 Å². The number of nitrogens with one attached hydrogen (secondary N) is 3. The zero-order valence-corrected chi connectivity index (χ0v) is 29.0. The summed E-state index contributed by atoms with van der Waals surface area (Å²) in [7, 11) is -3.82. The molecule has 1 aliphatic carbocycles. The number of rotatable bonds is 12. The first-order chi connectivity index (χ1) is 22.4. The Kier molecular flexibility index (Phi) is 13.3. The Labute approximate surface area is 285 Å². The molecule has 1 aliphatic heterocycles. The van der Waals surface area contributed by atoms with Crippen molar-refractivity contribution < 1.29 is 36.7 Å². The topological polar surface area (TPSA) is 168 Å². The number of nitrogens with two attached hydrogens (primary N) is 1. The molecule has 2 amide bonds. The highest BCUT2D eigenvalue weighted by Gasteiger charge is 2.49. The number of aliphatic carboxylic acids is 1. The van der Waals surface area contributed by atoms with Crippen LogP contribution < -0.4 is 21.1 Å². The van der Waals surface area contributed by atoms with E-state index in [9.17, 15) is 31.6 Å². The first kappa shape index (κ1) is 39.1. The predicted octanol–water partition coefficient (Wildman–Crippen LogP) is 5.16. The maximum Gasteiger partial charge on any atom is 0.374 e. The molecule has 0 saturated heterocycles. The van der Waals surface area contributed by atoms with Gasteiger partial charge in [0.1, 0.15) is 6.04 Å². The van der Waals surface area contributed by atoms with Gasteiger partial charge in [-0.15, -0.1) is 0 Å². The van der Waals surface area contributed by atoms with Crippen LogP contribution in [0.15, 0.2) is 60.2 Å². The number of halogens is 3. The van der Waals surface area contributed by atoms with Crippen LogP contribution in [0.1, 0.15) is 83.3 Å². The van der Waals surface area contributed by atoms with Gasteiger partial charge in [-0.05, 0) is 74.3 Å². The van der Waals surface area contributed by atoms with Gasteiger partial charge in [-0.3, -0.25) is 9.59 Å². The summed E-state index contributed by atoms with van der Waals surface area (Å²) in [4.78, 5) is 36.1. The normalized spacial score (nSPS) is 18.6. The fraction of sp³-hybridized carbons (Fsp3) is 0.500. The van der Waals surface area contributed by atoms with Crippen molar-refractivity contribution in [3.05, 3.63) is 76.3 Å². The highest BCUT2D eigenvalue weighted by Crippen LogP contribution is 2.45. The molecular weight excluding hydrogens is 666 g/mol. The molecule has 2 aromatic carbocycles. The lowest BCUT2D eigenvalue weighted by Gasteiger charge is -2.35. The second-order valence-corrected chi connectivity index (χ2v) is 14.7. The molecule has 0 aromatic heterocycles. The molecule has 1 saturated carbocycles. The van der Waals surface area contributed by atoms with Crippen molar-refractivity contribution in [3.8, 4) is 0 Å². The molecule has 2 aliphatic rings. The van der Waals surface area contributed by atoms with Crippen molar-refractivity contribution in [3.63, 3.8) is 0 Å². The van der Waals surface area contributed by atoms with Crippen molar-refractivity contribution in [2.75, 3.05) is 6.54 Å². The molecule has 1 heterocycles. The number of hydrogen-bond donors (Lipinski definition) is 5. The summed E-state index contributed by atoms with van der Waals surface area (Å²) in [5, 5.41) is 13.9. The molecule has 2 aromatic rings. The summed E-state index contributed by atoms with van der Waals surface area (Å²) < 4.78 is 52.4. The SMILES string of the molecule is CC(F)(F)C(=O)O.CCC(C)(N)C(=O)NC(CCCc1ccccc1)C(=O)NCC1=C(c2ccc(Cl)cc2)S(=O)(=O)NC12CCCCC2. The first-order valence-electron chi connectivity index (χ1n) is 16.0. The van der Waals surface area contributed by atoms with E-state index in [4.69, 9.17) is 22.4 Å². The zero-order chi connectivity index (χ0) is 35.8. The third-order valence-electron chi connectivity index (χ3n) is 8.75. The maximum absolute atomic E-state index is 13.6. The first-order valence-corrected chi connectivity index (χ1v) is 17.8. The maximum atomic E-state index is 13.6. The number of hydrogen-bond acceptors (Lipinski definition) is 6. The number of amides is 2. The molecule has 6 N–H and O–H groups in total. The molecule has 2 unspecified atom stereocenters. The Bertz CT molecular complexity index is 1570. The largest absolute Gasteiger partial charge is 0.477 e. The quantitative estimate of drug-likeness (QED) is 0.203. The van der Waals surface area contributed by atoms with E-state index in [-0.39, 0.29) is 17.4 Å². The molecule has 4 rings (SSSR count). The highest BCUT2D eigenvalue weighted by atomic mass is 35.5. The number of alkyl halides is 2. The summed E-state index contributed by atoms with van der Waals surface area (Å²) >= 11 is 6.09. The molecule has 0 bridgehead atoms. The van der Waals surface area contributed by atoms with Gasteiger partial charge in [0.05, 0.1) is 16.0 Å². The van der Waals surface area contributed by atoms with Crippen molar-refractivity contribution in [2.45, 2.75) is 102 Å². The van der Waals surface area contributed by atoms with Crippen LogP contribution >= 0.6 is 11.6 Å². The minimum atomic E-state index is -3.82. The van der Waals surface area contributed by atoms with Gasteiger partial charge < -0.3 is 21.5 Å². The second kappa shape index (κ2) is 16.3. The van der Waals surface area contributed by atoms with E-state index < -0.39 is 44.9 Å². The number of aryl methyl sites for hydroxylation is 1. The lowest BCUT2D eigenvalue weighted by molar-refractivity contribution is -0.161. The number of carbonyl (C=O) groups is 3. The van der Waals surface area contributed by atoms with Gasteiger partial charge in [0, 0.05) is 18.5 Å². The van der Waals surface area contributed by atoms with Gasteiger partial charge in [0.2, 0.25) is 21.8 Å². The molecule has 10 nitrogen and oxygen atoms in total. The van der Waals surface area contributed by atoms with Crippen molar-refractivity contribution in [2.24, 2.45) is 5.73 Å². The molecular formula is C34H45ClF2N4O6S. The average Bonchev–Trinajstić information content (AvgIpc) is 3.24. The number of carbonyl (C=O) groups excluding carboxylic acids is 2. The monoisotopic (exact) mass is 710 g/mol. The smallest absolute Gasteiger partial charge is 0.374 e. The van der Waals surface area contributed by atoms with Gasteiger partial charge in [-0.2, -0.15) is 8.78 Å². The minimum Gasteiger partial charge on any atom is -0.477 e. The summed E-state index contributed by atoms with van der Waals surface area (Å²) in [6.45, 7) is 3.84. The Morgan fingerprint density at radius 1 is 1.04 bits per heavy atom. The zero-order valence-electron chi connectivity index (χ0n) is 27.5. The van der Waals surface area contributed by atoms with Crippen LogP contribution in [0.2, 0.25) is 5.02 Å². The third-order valence-corrected chi connectivity index (χ3v) is 10.7. The van der Waals surface area contributed by atoms with E-state index in [0.717, 1.165) is 31.2 Å². The Hall–Kier alpha value is -3.39. The Morgan fingerprint density at radius 2 is 1.62 bits per heavy atom. The lowest BCUT2D eigenvalue weighted by Crippen LogP contribution is -2.57. The van der Waals surface area contributed by atoms with Crippen LogP contribution in [0.3, 0.4) is 0 Å². The molecule has 48 heavy (non-hydrogen) atoms. The highest BCUT2D eigenvalue weighted by molar-refractivity contribution is 7.99. The van der Waals surface area contributed by atoms with E-state index in [1.165, 1.54) is 0 Å². The van der Waals surface area contributed by atoms with Gasteiger partial charge in [0.15, 0.2) is 0 Å². The van der Waals surface area contributed by atoms with E-state index in [2.05, 4.69) is 15.4 Å². The summed E-state index contributed by atoms with van der Waals surface area (Å²) in [6.07, 6.45) is 6.39. The molecule has 2 atom stereocenters. The summed E-state index contributed by atoms with van der Waals surface area (Å²) in [5.41, 5.74) is 6.65. The van der Waals surface area contributed by atoms with Crippen molar-refractivity contribution in [1.29, 1.82) is 0 Å². The minimum absolute atomic E-state index is 0.0434. The fourth-order valence-electron chi connectivity index (χ4n) is 5.69. The van der Waals surface area contributed by atoms with E-state index in [1.54, 1.807) is 31.2 Å². The molecule has 14 heteroatoms. The van der Waals surface area contributed by atoms with Crippen LogP contribution in [0.25, 0.3) is 4.91 Å². The summed E-state index contributed by atoms with van der Waals surface area (Å²) in [6, 6.07) is 15.9. The van der Waals surface area contributed by atoms with E-state index in [0.29, 0.717) is 55.2 Å². The third kappa shape index (κ3) is 10.3. The standard InChI is InChI=1S/C31H41ClN4O4S.C3H4F2O2/c1-3-30(2,33)29(38)35-26(14-10-13-22-11-6-4-7-12-22)28(37)34-21-25-27(23-15-17-24(32)18-16-23)41(39,40)36-31(25)19-8-5-9-20-31;1-3(4,5)2(6)7/h4,6-7,11-12,15-18,26,36H,3,5,8-10,13-14,19-21,33H2,1-2H3,(H,34,37)(H,35,38);1H3,(H,6,7). The number of sulfonamides is 1. The average molecular weight is 711 g/mol. The van der Waals surface area contributed by atoms with Gasteiger partial charge in [-0.1, -0.05) is 80.3 Å². The van der Waals surface area contributed by atoms with Crippen molar-refractivity contribution >= 4 is 44.3 Å². The van der Waals surface area contributed by atoms with Gasteiger partial charge in [0.25, 0.3) is 0 Å². The Morgan fingerprint density at radius 3 is 2.17 bits per heavy atom.